The number of hydrazine groups is 1. The topological polar surface area (TPSA) is 24.1 Å². The summed E-state index contributed by atoms with van der Waals surface area (Å²) >= 11 is 5.96. The Hall–Kier alpha value is -0.640. The van der Waals surface area contributed by atoms with Crippen LogP contribution in [0.4, 0.5) is 4.39 Å². The SMILES string of the molecule is CC1CC(Cc2c(F)cccc2Cl)NN1. The van der Waals surface area contributed by atoms with Crippen LogP contribution in [0.3, 0.4) is 0 Å². The summed E-state index contributed by atoms with van der Waals surface area (Å²) in [5.41, 5.74) is 6.85. The summed E-state index contributed by atoms with van der Waals surface area (Å²) in [5, 5.41) is 0.511. The fourth-order valence-electron chi connectivity index (χ4n) is 1.91. The maximum atomic E-state index is 13.5. The lowest BCUT2D eigenvalue weighted by Gasteiger charge is -2.11. The minimum Gasteiger partial charge on any atom is -0.255 e. The molecule has 15 heavy (non-hydrogen) atoms. The van der Waals surface area contributed by atoms with Crippen LogP contribution in [0.15, 0.2) is 18.2 Å². The van der Waals surface area contributed by atoms with Crippen molar-refractivity contribution in [1.82, 2.24) is 10.9 Å². The third-order valence-corrected chi connectivity index (χ3v) is 3.04. The number of nitrogens with one attached hydrogen (secondary N) is 2. The molecule has 1 aliphatic heterocycles. The molecule has 0 aromatic heterocycles. The Morgan fingerprint density at radius 2 is 2.27 bits per heavy atom. The van der Waals surface area contributed by atoms with Crippen LogP contribution in [0.1, 0.15) is 18.9 Å². The molecule has 2 nitrogen and oxygen atoms in total. The molecule has 1 saturated heterocycles. The summed E-state index contributed by atoms with van der Waals surface area (Å²) in [6.45, 7) is 2.09. The van der Waals surface area contributed by atoms with E-state index >= 15 is 0 Å². The minimum absolute atomic E-state index is 0.219. The standard InChI is InChI=1S/C11H14ClFN2/c1-7-5-8(15-14-7)6-9-10(12)3-2-4-11(9)13/h2-4,7-8,14-15H,5-6H2,1H3. The van der Waals surface area contributed by atoms with E-state index in [0.29, 0.717) is 23.0 Å². The molecule has 0 saturated carbocycles. The van der Waals surface area contributed by atoms with Gasteiger partial charge < -0.3 is 0 Å². The van der Waals surface area contributed by atoms with Gasteiger partial charge in [-0.15, -0.1) is 0 Å². The maximum Gasteiger partial charge on any atom is 0.127 e. The molecule has 1 heterocycles. The Labute approximate surface area is 93.8 Å². The molecule has 0 spiro atoms. The summed E-state index contributed by atoms with van der Waals surface area (Å²) in [6.07, 6.45) is 1.62. The number of hydrogen-bond acceptors (Lipinski definition) is 2. The molecule has 2 unspecified atom stereocenters. The number of benzene rings is 1. The zero-order valence-electron chi connectivity index (χ0n) is 8.56. The first kappa shape index (κ1) is 10.9. The lowest BCUT2D eigenvalue weighted by molar-refractivity contribution is 0.528. The molecular weight excluding hydrogens is 215 g/mol. The molecule has 0 aliphatic carbocycles. The Morgan fingerprint density at radius 3 is 2.87 bits per heavy atom. The minimum atomic E-state index is -0.219. The van der Waals surface area contributed by atoms with Crippen molar-refractivity contribution in [1.29, 1.82) is 0 Å². The van der Waals surface area contributed by atoms with E-state index in [9.17, 15) is 4.39 Å². The molecule has 2 rings (SSSR count). The van der Waals surface area contributed by atoms with Crippen molar-refractivity contribution >= 4 is 11.6 Å². The van der Waals surface area contributed by atoms with Gasteiger partial charge in [0.25, 0.3) is 0 Å². The third kappa shape index (κ3) is 2.48. The molecule has 1 aromatic carbocycles. The molecule has 1 aliphatic rings. The third-order valence-electron chi connectivity index (χ3n) is 2.68. The van der Waals surface area contributed by atoms with Crippen molar-refractivity contribution in [3.8, 4) is 0 Å². The molecule has 4 heteroatoms. The zero-order valence-corrected chi connectivity index (χ0v) is 9.31. The van der Waals surface area contributed by atoms with Gasteiger partial charge in [0.1, 0.15) is 5.82 Å². The summed E-state index contributed by atoms with van der Waals surface area (Å²) in [7, 11) is 0. The largest absolute Gasteiger partial charge is 0.255 e. The van der Waals surface area contributed by atoms with Gasteiger partial charge >= 0.3 is 0 Å². The molecule has 1 fully saturated rings. The number of halogens is 2. The molecule has 0 radical (unpaired) electrons. The van der Waals surface area contributed by atoms with Crippen molar-refractivity contribution < 1.29 is 4.39 Å². The highest BCUT2D eigenvalue weighted by atomic mass is 35.5. The fourth-order valence-corrected chi connectivity index (χ4v) is 2.15. The first-order valence-corrected chi connectivity index (χ1v) is 5.48. The highest BCUT2D eigenvalue weighted by molar-refractivity contribution is 6.31. The molecule has 0 bridgehead atoms. The van der Waals surface area contributed by atoms with Gasteiger partial charge in [-0.1, -0.05) is 17.7 Å². The van der Waals surface area contributed by atoms with Crippen LogP contribution in [-0.4, -0.2) is 12.1 Å². The molecule has 1 aromatic rings. The van der Waals surface area contributed by atoms with Crippen molar-refractivity contribution in [2.45, 2.75) is 31.8 Å². The number of rotatable bonds is 2. The molecule has 2 N–H and O–H groups in total. The monoisotopic (exact) mass is 228 g/mol. The van der Waals surface area contributed by atoms with Gasteiger partial charge in [-0.05, 0) is 31.9 Å². The second-order valence-electron chi connectivity index (χ2n) is 4.03. The average molecular weight is 229 g/mol. The highest BCUT2D eigenvalue weighted by Gasteiger charge is 2.22. The van der Waals surface area contributed by atoms with Crippen LogP contribution in [0.2, 0.25) is 5.02 Å². The Bertz CT molecular complexity index is 336. The second-order valence-corrected chi connectivity index (χ2v) is 4.43. The van der Waals surface area contributed by atoms with Gasteiger partial charge in [0.15, 0.2) is 0 Å². The predicted molar refractivity (Wildman–Crippen MR) is 59.3 cm³/mol. The van der Waals surface area contributed by atoms with Crippen molar-refractivity contribution in [3.63, 3.8) is 0 Å². The van der Waals surface area contributed by atoms with Crippen molar-refractivity contribution in [2.24, 2.45) is 0 Å². The quantitative estimate of drug-likeness (QED) is 0.812. The average Bonchev–Trinajstić information content (AvgIpc) is 2.58. The van der Waals surface area contributed by atoms with E-state index in [2.05, 4.69) is 17.8 Å². The van der Waals surface area contributed by atoms with Crippen LogP contribution in [0.5, 0.6) is 0 Å². The first-order valence-electron chi connectivity index (χ1n) is 5.10. The fraction of sp³-hybridized carbons (Fsp3) is 0.455. The van der Waals surface area contributed by atoms with E-state index in [1.807, 2.05) is 0 Å². The summed E-state index contributed by atoms with van der Waals surface area (Å²) < 4.78 is 13.5. The van der Waals surface area contributed by atoms with Gasteiger partial charge in [0, 0.05) is 22.7 Å². The smallest absolute Gasteiger partial charge is 0.127 e. The lowest BCUT2D eigenvalue weighted by atomic mass is 10.0. The maximum absolute atomic E-state index is 13.5. The highest BCUT2D eigenvalue weighted by Crippen LogP contribution is 2.22. The van der Waals surface area contributed by atoms with E-state index in [1.54, 1.807) is 12.1 Å². The van der Waals surface area contributed by atoms with E-state index in [1.165, 1.54) is 6.07 Å². The van der Waals surface area contributed by atoms with E-state index in [4.69, 9.17) is 11.6 Å². The number of hydrogen-bond donors (Lipinski definition) is 2. The lowest BCUT2D eigenvalue weighted by Crippen LogP contribution is -2.33. The van der Waals surface area contributed by atoms with Crippen LogP contribution in [0, 0.1) is 5.82 Å². The van der Waals surface area contributed by atoms with E-state index in [-0.39, 0.29) is 11.9 Å². The van der Waals surface area contributed by atoms with Gasteiger partial charge in [-0.25, -0.2) is 4.39 Å². The van der Waals surface area contributed by atoms with Crippen LogP contribution in [-0.2, 0) is 6.42 Å². The van der Waals surface area contributed by atoms with Crippen LogP contribution in [0.25, 0.3) is 0 Å². The van der Waals surface area contributed by atoms with Crippen molar-refractivity contribution in [3.05, 3.63) is 34.6 Å². The van der Waals surface area contributed by atoms with Gasteiger partial charge in [-0.3, -0.25) is 10.9 Å². The first-order chi connectivity index (χ1) is 7.16. The summed E-state index contributed by atoms with van der Waals surface area (Å²) in [6, 6.07) is 5.50. The van der Waals surface area contributed by atoms with Gasteiger partial charge in [-0.2, -0.15) is 0 Å². The normalized spacial score (nSPS) is 25.8. The Morgan fingerprint density at radius 1 is 1.47 bits per heavy atom. The summed E-state index contributed by atoms with van der Waals surface area (Å²) in [5.74, 6) is -0.219. The van der Waals surface area contributed by atoms with Crippen molar-refractivity contribution in [2.75, 3.05) is 0 Å². The molecule has 82 valence electrons. The van der Waals surface area contributed by atoms with E-state index < -0.39 is 0 Å². The zero-order chi connectivity index (χ0) is 10.8. The summed E-state index contributed by atoms with van der Waals surface area (Å²) in [4.78, 5) is 0. The molecular formula is C11H14ClFN2. The second kappa shape index (κ2) is 4.47. The van der Waals surface area contributed by atoms with Gasteiger partial charge in [0.2, 0.25) is 0 Å². The van der Waals surface area contributed by atoms with E-state index in [0.717, 1.165) is 6.42 Å². The predicted octanol–water partition coefficient (Wildman–Crippen LogP) is 2.28. The molecule has 2 atom stereocenters. The van der Waals surface area contributed by atoms with Crippen LogP contribution < -0.4 is 10.9 Å². The Kier molecular flexibility index (Phi) is 3.24. The molecule has 0 amide bonds. The van der Waals surface area contributed by atoms with Gasteiger partial charge in [0.05, 0.1) is 0 Å². The van der Waals surface area contributed by atoms with Crippen LogP contribution >= 0.6 is 11.6 Å². The Balaban J connectivity index is 2.10.